The summed E-state index contributed by atoms with van der Waals surface area (Å²) in [6.45, 7) is 21.8. The molecule has 0 bridgehead atoms. The predicted octanol–water partition coefficient (Wildman–Crippen LogP) is 9.12. The molecule has 8 nitrogen and oxygen atoms in total. The molecular formula is C48H86O8Sn. The predicted molar refractivity (Wildman–Crippen MR) is 231 cm³/mol. The third-order valence-corrected chi connectivity index (χ3v) is 14.0. The summed E-state index contributed by atoms with van der Waals surface area (Å²) < 4.78 is 3.25. The van der Waals surface area contributed by atoms with Crippen LogP contribution in [0.2, 0.25) is 8.87 Å². The molecule has 0 heterocycles. The first kappa shape index (κ1) is 59.5. The topological polar surface area (TPSA) is 161 Å². The Labute approximate surface area is 361 Å². The number of hydrogen-bond acceptors (Lipinski definition) is 8. The number of hydrogen-bond donors (Lipinski definition) is 0. The van der Waals surface area contributed by atoms with Gasteiger partial charge in [-0.3, -0.25) is 0 Å². The average molecular weight is 910 g/mol. The molecule has 0 aromatic carbocycles. The maximum atomic E-state index is 11.3. The summed E-state index contributed by atoms with van der Waals surface area (Å²) in [5.41, 5.74) is -0.265. The summed E-state index contributed by atoms with van der Waals surface area (Å²) in [7, 11) is 0. The summed E-state index contributed by atoms with van der Waals surface area (Å²) in [6.07, 6.45) is 21.8. The first-order chi connectivity index (χ1) is 26.9. The van der Waals surface area contributed by atoms with Crippen LogP contribution in [0.3, 0.4) is 0 Å². The van der Waals surface area contributed by atoms with Gasteiger partial charge in [0.05, 0.1) is 23.9 Å². The molecule has 0 atom stereocenters. The molecule has 0 aromatic heterocycles. The van der Waals surface area contributed by atoms with Crippen molar-refractivity contribution >= 4 is 45.0 Å². The minimum atomic E-state index is -1.36. The zero-order valence-corrected chi connectivity index (χ0v) is 41.3. The van der Waals surface area contributed by atoms with E-state index >= 15 is 0 Å². The number of carboxylic acids is 4. The van der Waals surface area contributed by atoms with E-state index in [-0.39, 0.29) is 69.1 Å². The van der Waals surface area contributed by atoms with Crippen molar-refractivity contribution in [2.24, 2.45) is 23.7 Å². The first-order valence-corrected chi connectivity index (χ1v) is 27.0. The van der Waals surface area contributed by atoms with Crippen LogP contribution in [0.15, 0.2) is 22.3 Å². The monoisotopic (exact) mass is 911 g/mol. The van der Waals surface area contributed by atoms with E-state index < -0.39 is 23.9 Å². The van der Waals surface area contributed by atoms with Gasteiger partial charge in [0, 0.05) is 0 Å². The van der Waals surface area contributed by atoms with E-state index in [0.717, 1.165) is 77.0 Å². The minimum absolute atomic E-state index is 0.0663. The standard InChI is InChI=1S/2C20H36O4.2C4H9.Sn/c2*1-15(2)11-7-5-9-13-17(19(21)22)18(20(23)24)14-10-6-8-12-16(3)4;2*1-3-4-2;/h2*15-16H,5-14H2,1-4H3,(H,21,22)(H,23,24);2*1,3-4H2,2H3;/q;;;;+4/p-4/b2*18-17-;;;. The van der Waals surface area contributed by atoms with Crippen molar-refractivity contribution in [1.82, 2.24) is 0 Å². The van der Waals surface area contributed by atoms with Gasteiger partial charge in [0.2, 0.25) is 0 Å². The molecule has 0 aliphatic heterocycles. The van der Waals surface area contributed by atoms with Gasteiger partial charge in [-0.1, -0.05) is 132 Å². The number of rotatable bonds is 34. The molecule has 6 radical (unpaired) electrons. The van der Waals surface area contributed by atoms with Crippen LogP contribution >= 0.6 is 0 Å². The van der Waals surface area contributed by atoms with Crippen molar-refractivity contribution in [2.45, 2.75) is 232 Å². The zero-order chi connectivity index (χ0) is 44.0. The summed E-state index contributed by atoms with van der Waals surface area (Å²) in [4.78, 5) is 45.3. The van der Waals surface area contributed by atoms with Gasteiger partial charge < -0.3 is 39.6 Å². The summed E-state index contributed by atoms with van der Waals surface area (Å²) in [5, 5.41) is 45.3. The molecule has 0 spiro atoms. The quantitative estimate of drug-likeness (QED) is 0.0351. The van der Waals surface area contributed by atoms with Gasteiger partial charge in [0.15, 0.2) is 0 Å². The van der Waals surface area contributed by atoms with E-state index in [9.17, 15) is 39.6 Å². The van der Waals surface area contributed by atoms with Gasteiger partial charge >= 0.3 is 69.5 Å². The Bertz CT molecular complexity index is 930. The van der Waals surface area contributed by atoms with Crippen LogP contribution in [-0.2, 0) is 19.2 Å². The molecule has 0 amide bonds. The van der Waals surface area contributed by atoms with Crippen molar-refractivity contribution < 1.29 is 39.6 Å². The fourth-order valence-corrected chi connectivity index (χ4v) is 10.5. The first-order valence-electron chi connectivity index (χ1n) is 22.9. The van der Waals surface area contributed by atoms with Crippen molar-refractivity contribution in [3.05, 3.63) is 22.3 Å². The van der Waals surface area contributed by atoms with Crippen LogP contribution in [0.25, 0.3) is 0 Å². The maximum absolute atomic E-state index is 11.3. The third-order valence-electron chi connectivity index (χ3n) is 9.96. The fourth-order valence-electron chi connectivity index (χ4n) is 6.36. The molecule has 0 saturated heterocycles. The Morgan fingerprint density at radius 3 is 0.719 bits per heavy atom. The van der Waals surface area contributed by atoms with Crippen molar-refractivity contribution in [1.29, 1.82) is 0 Å². The number of carbonyl (C=O) groups excluding carboxylic acids is 4. The average Bonchev–Trinajstić information content (AvgIpc) is 3.11. The summed E-state index contributed by atoms with van der Waals surface area (Å²) in [6, 6.07) is 0. The van der Waals surface area contributed by atoms with Crippen LogP contribution in [-0.4, -0.2) is 45.0 Å². The Balaban J connectivity index is -0.000000843. The third kappa shape index (κ3) is 40.7. The second kappa shape index (κ2) is 40.9. The van der Waals surface area contributed by atoms with Gasteiger partial charge in [-0.2, -0.15) is 0 Å². The van der Waals surface area contributed by atoms with Gasteiger partial charge in [0.25, 0.3) is 0 Å². The molecule has 0 aromatic rings. The molecule has 0 fully saturated rings. The molecule has 0 rings (SSSR count). The molecule has 0 aliphatic carbocycles. The van der Waals surface area contributed by atoms with Crippen LogP contribution in [0, 0.1) is 23.7 Å². The number of unbranched alkanes of at least 4 members (excludes halogenated alkanes) is 10. The van der Waals surface area contributed by atoms with E-state index in [2.05, 4.69) is 69.2 Å². The summed E-state index contributed by atoms with van der Waals surface area (Å²) >= 11 is 0.149. The number of carbonyl (C=O) groups is 4. The number of aliphatic carboxylic acids is 4. The Hall–Kier alpha value is -1.84. The molecule has 9 heteroatoms. The normalized spacial score (nSPS) is 12.2. The van der Waals surface area contributed by atoms with Gasteiger partial charge in [-0.15, -0.1) is 0 Å². The number of carboxylic acid groups (broad SMARTS) is 4. The molecule has 0 saturated carbocycles. The molecule has 0 unspecified atom stereocenters. The van der Waals surface area contributed by atoms with E-state index in [1.165, 1.54) is 25.7 Å². The molecule has 57 heavy (non-hydrogen) atoms. The van der Waals surface area contributed by atoms with Crippen LogP contribution in [0.4, 0.5) is 0 Å². The second-order valence-electron chi connectivity index (χ2n) is 17.5. The molecule has 0 aliphatic rings. The molecule has 330 valence electrons. The van der Waals surface area contributed by atoms with Crippen LogP contribution < -0.4 is 20.4 Å². The Morgan fingerprint density at radius 1 is 0.351 bits per heavy atom. The van der Waals surface area contributed by atoms with E-state index in [4.69, 9.17) is 0 Å². The molecule has 0 N–H and O–H groups in total. The van der Waals surface area contributed by atoms with E-state index in [1.54, 1.807) is 8.87 Å². The SMILES string of the molecule is CC(C)CCCCC/C(C(=O)[O-])=C(\CCCCCC(C)C)C(=O)[O-].CC(C)CCCCC/C(C(=O)[O-])=C(\CCCCCC(C)C)C(=O)[O-].CCC[CH2][Sn+4][CH2]CCC. The second-order valence-corrected chi connectivity index (χ2v) is 21.8. The van der Waals surface area contributed by atoms with Gasteiger partial charge in [-0.25, -0.2) is 0 Å². The van der Waals surface area contributed by atoms with Gasteiger partial charge in [-0.05, 0) is 97.3 Å². The molecular weight excluding hydrogens is 823 g/mol. The van der Waals surface area contributed by atoms with E-state index in [0.29, 0.717) is 49.4 Å². The van der Waals surface area contributed by atoms with Crippen LogP contribution in [0.5, 0.6) is 0 Å². The van der Waals surface area contributed by atoms with Gasteiger partial charge in [0.1, 0.15) is 0 Å². The zero-order valence-electron chi connectivity index (χ0n) is 38.5. The van der Waals surface area contributed by atoms with Crippen molar-refractivity contribution in [3.63, 3.8) is 0 Å². The Kier molecular flexibility index (Phi) is 42.7. The fraction of sp³-hybridized carbons (Fsp3) is 0.833. The van der Waals surface area contributed by atoms with E-state index in [1.807, 2.05) is 0 Å². The van der Waals surface area contributed by atoms with Crippen LogP contribution in [0.1, 0.15) is 223 Å². The summed E-state index contributed by atoms with van der Waals surface area (Å²) in [5.74, 6) is -2.92. The van der Waals surface area contributed by atoms with Crippen molar-refractivity contribution in [2.75, 3.05) is 0 Å². The van der Waals surface area contributed by atoms with Crippen molar-refractivity contribution in [3.8, 4) is 0 Å². The Morgan fingerprint density at radius 2 is 0.561 bits per heavy atom.